The molecule has 1 aliphatic rings. The molecule has 0 fully saturated rings. The van der Waals surface area contributed by atoms with E-state index in [0.29, 0.717) is 21.5 Å². The molecule has 3 aromatic rings. The summed E-state index contributed by atoms with van der Waals surface area (Å²) in [5.74, 6) is 1.20. The average molecular weight is 428 g/mol. The number of fused-ring (bicyclic) bond motifs is 1. The maximum Gasteiger partial charge on any atom is 0.232 e. The second-order valence-corrected chi connectivity index (χ2v) is 7.65. The van der Waals surface area contributed by atoms with Gasteiger partial charge in [-0.3, -0.25) is 4.79 Å². The van der Waals surface area contributed by atoms with E-state index < -0.39 is 0 Å². The molecule has 1 heterocycles. The molecule has 3 aromatic carbocycles. The van der Waals surface area contributed by atoms with Gasteiger partial charge in [0.15, 0.2) is 11.5 Å². The maximum absolute atomic E-state index is 13.3. The lowest BCUT2D eigenvalue weighted by molar-refractivity contribution is -0.118. The van der Waals surface area contributed by atoms with Crippen molar-refractivity contribution in [1.82, 2.24) is 0 Å². The predicted molar refractivity (Wildman–Crippen MR) is 115 cm³/mol. The number of carbonyl (C=O) groups excluding carboxylic acids is 1. The first-order chi connectivity index (χ1) is 14.0. The van der Waals surface area contributed by atoms with Crippen LogP contribution in [-0.4, -0.2) is 20.1 Å². The molecule has 0 bridgehead atoms. The molecule has 0 saturated carbocycles. The molecule has 4 nitrogen and oxygen atoms in total. The fraction of sp³-hybridized carbons (Fsp3) is 0.174. The summed E-state index contributed by atoms with van der Waals surface area (Å²) >= 11 is 12.3. The Balaban J connectivity index is 1.95. The summed E-state index contributed by atoms with van der Waals surface area (Å²) in [6.07, 6.45) is 0.256. The maximum atomic E-state index is 13.3. The molecule has 0 aliphatic carbocycles. The fourth-order valence-electron chi connectivity index (χ4n) is 3.77. The van der Waals surface area contributed by atoms with Crippen LogP contribution in [0.2, 0.25) is 10.0 Å². The van der Waals surface area contributed by atoms with Crippen molar-refractivity contribution in [1.29, 1.82) is 0 Å². The number of nitrogens with zero attached hydrogens (tertiary/aromatic N) is 1. The lowest BCUT2D eigenvalue weighted by Gasteiger charge is -2.38. The first kappa shape index (κ1) is 19.6. The SMILES string of the molecule is COc1cc2c(cc1OC)C(c1ccc(Cl)cc1)N(c1cccc(Cl)c1)C(=O)C2. The minimum Gasteiger partial charge on any atom is -0.493 e. The molecule has 0 saturated heterocycles. The number of methoxy groups -OCH3 is 2. The Morgan fingerprint density at radius 3 is 2.24 bits per heavy atom. The summed E-state index contributed by atoms with van der Waals surface area (Å²) in [4.78, 5) is 15.0. The van der Waals surface area contributed by atoms with Gasteiger partial charge in [-0.2, -0.15) is 0 Å². The predicted octanol–water partition coefficient (Wildman–Crippen LogP) is 5.69. The number of hydrogen-bond donors (Lipinski definition) is 0. The number of carbonyl (C=O) groups is 1. The van der Waals surface area contributed by atoms with Gasteiger partial charge in [0.05, 0.1) is 26.7 Å². The molecule has 1 amide bonds. The molecule has 4 rings (SSSR count). The minimum absolute atomic E-state index is 0.0214. The third-order valence-electron chi connectivity index (χ3n) is 5.08. The molecular weight excluding hydrogens is 409 g/mol. The van der Waals surface area contributed by atoms with Crippen LogP contribution < -0.4 is 14.4 Å². The Kier molecular flexibility index (Phi) is 5.39. The van der Waals surface area contributed by atoms with Gasteiger partial charge >= 0.3 is 0 Å². The Morgan fingerprint density at radius 1 is 0.897 bits per heavy atom. The molecule has 1 atom stereocenters. The zero-order valence-electron chi connectivity index (χ0n) is 16.0. The molecule has 0 aromatic heterocycles. The van der Waals surface area contributed by atoms with Crippen molar-refractivity contribution in [2.75, 3.05) is 19.1 Å². The first-order valence-corrected chi connectivity index (χ1v) is 9.85. The van der Waals surface area contributed by atoms with Crippen LogP contribution in [0.5, 0.6) is 11.5 Å². The van der Waals surface area contributed by atoms with Crippen molar-refractivity contribution in [2.24, 2.45) is 0 Å². The van der Waals surface area contributed by atoms with Gasteiger partial charge in [0, 0.05) is 15.7 Å². The normalized spacial score (nSPS) is 15.8. The zero-order valence-corrected chi connectivity index (χ0v) is 17.5. The van der Waals surface area contributed by atoms with Gasteiger partial charge in [0.1, 0.15) is 0 Å². The van der Waals surface area contributed by atoms with E-state index in [4.69, 9.17) is 32.7 Å². The second kappa shape index (κ2) is 7.97. The van der Waals surface area contributed by atoms with Crippen LogP contribution >= 0.6 is 23.2 Å². The van der Waals surface area contributed by atoms with Gasteiger partial charge in [-0.15, -0.1) is 0 Å². The number of hydrogen-bond acceptors (Lipinski definition) is 3. The van der Waals surface area contributed by atoms with E-state index >= 15 is 0 Å². The molecule has 6 heteroatoms. The summed E-state index contributed by atoms with van der Waals surface area (Å²) in [6.45, 7) is 0. The number of amides is 1. The number of rotatable bonds is 4. The number of benzene rings is 3. The Bertz CT molecular complexity index is 1070. The molecule has 0 N–H and O–H groups in total. The van der Waals surface area contributed by atoms with Crippen molar-refractivity contribution in [3.63, 3.8) is 0 Å². The second-order valence-electron chi connectivity index (χ2n) is 6.78. The van der Waals surface area contributed by atoms with Crippen LogP contribution in [0.15, 0.2) is 60.7 Å². The quantitative estimate of drug-likeness (QED) is 0.536. The standard InChI is InChI=1S/C23H19Cl2NO3/c1-28-20-10-15-11-22(27)26(18-5-3-4-17(25)12-18)23(19(15)13-21(20)29-2)14-6-8-16(24)9-7-14/h3-10,12-13,23H,11H2,1-2H3. The van der Waals surface area contributed by atoms with Crippen molar-refractivity contribution < 1.29 is 14.3 Å². The lowest BCUT2D eigenvalue weighted by Crippen LogP contribution is -2.41. The van der Waals surface area contributed by atoms with E-state index in [0.717, 1.165) is 22.4 Å². The van der Waals surface area contributed by atoms with Gasteiger partial charge < -0.3 is 14.4 Å². The highest BCUT2D eigenvalue weighted by molar-refractivity contribution is 6.31. The summed E-state index contributed by atoms with van der Waals surface area (Å²) in [5, 5.41) is 1.21. The van der Waals surface area contributed by atoms with E-state index in [-0.39, 0.29) is 18.4 Å². The first-order valence-electron chi connectivity index (χ1n) is 9.09. The highest BCUT2D eigenvalue weighted by Crippen LogP contribution is 2.43. The lowest BCUT2D eigenvalue weighted by atomic mass is 9.87. The van der Waals surface area contributed by atoms with E-state index in [9.17, 15) is 4.79 Å². The monoisotopic (exact) mass is 427 g/mol. The Labute approximate surface area is 179 Å². The van der Waals surface area contributed by atoms with Gasteiger partial charge in [0.25, 0.3) is 0 Å². The summed E-state index contributed by atoms with van der Waals surface area (Å²) in [7, 11) is 3.19. The highest BCUT2D eigenvalue weighted by atomic mass is 35.5. The topological polar surface area (TPSA) is 38.8 Å². The highest BCUT2D eigenvalue weighted by Gasteiger charge is 2.36. The Hall–Kier alpha value is -2.69. The van der Waals surface area contributed by atoms with E-state index in [1.807, 2.05) is 48.5 Å². The summed E-state index contributed by atoms with van der Waals surface area (Å²) in [5.41, 5.74) is 3.56. The van der Waals surface area contributed by atoms with Crippen molar-refractivity contribution in [3.05, 3.63) is 87.4 Å². The Morgan fingerprint density at radius 2 is 1.59 bits per heavy atom. The number of halogens is 2. The minimum atomic E-state index is -0.346. The third kappa shape index (κ3) is 3.66. The van der Waals surface area contributed by atoms with Crippen LogP contribution in [0, 0.1) is 0 Å². The average Bonchev–Trinajstić information content (AvgIpc) is 2.72. The molecule has 1 aliphatic heterocycles. The number of ether oxygens (including phenoxy) is 2. The molecule has 148 valence electrons. The van der Waals surface area contributed by atoms with Gasteiger partial charge in [-0.05, 0) is 59.2 Å². The van der Waals surface area contributed by atoms with Crippen LogP contribution in [0.25, 0.3) is 0 Å². The van der Waals surface area contributed by atoms with Gasteiger partial charge in [-0.25, -0.2) is 0 Å². The molecule has 1 unspecified atom stereocenters. The van der Waals surface area contributed by atoms with Crippen LogP contribution in [0.3, 0.4) is 0 Å². The summed E-state index contributed by atoms with van der Waals surface area (Å²) in [6, 6.07) is 18.3. The van der Waals surface area contributed by atoms with Crippen LogP contribution in [0.4, 0.5) is 5.69 Å². The van der Waals surface area contributed by atoms with E-state index in [1.165, 1.54) is 0 Å². The zero-order chi connectivity index (χ0) is 20.5. The molecular formula is C23H19Cl2NO3. The van der Waals surface area contributed by atoms with Crippen molar-refractivity contribution in [3.8, 4) is 11.5 Å². The molecule has 0 radical (unpaired) electrons. The van der Waals surface area contributed by atoms with Crippen molar-refractivity contribution >= 4 is 34.8 Å². The molecule has 0 spiro atoms. The van der Waals surface area contributed by atoms with E-state index in [1.54, 1.807) is 31.3 Å². The van der Waals surface area contributed by atoms with Gasteiger partial charge in [0.2, 0.25) is 5.91 Å². The van der Waals surface area contributed by atoms with Crippen LogP contribution in [-0.2, 0) is 11.2 Å². The smallest absolute Gasteiger partial charge is 0.232 e. The van der Waals surface area contributed by atoms with Crippen LogP contribution in [0.1, 0.15) is 22.7 Å². The van der Waals surface area contributed by atoms with Crippen molar-refractivity contribution in [2.45, 2.75) is 12.5 Å². The fourth-order valence-corrected chi connectivity index (χ4v) is 4.08. The van der Waals surface area contributed by atoms with Gasteiger partial charge in [-0.1, -0.05) is 41.4 Å². The summed E-state index contributed by atoms with van der Waals surface area (Å²) < 4.78 is 11.0. The largest absolute Gasteiger partial charge is 0.493 e. The molecule has 29 heavy (non-hydrogen) atoms. The number of anilines is 1. The third-order valence-corrected chi connectivity index (χ3v) is 5.57. The van der Waals surface area contributed by atoms with E-state index in [2.05, 4.69) is 0 Å².